The van der Waals surface area contributed by atoms with E-state index in [0.717, 1.165) is 12.1 Å². The molecule has 0 radical (unpaired) electrons. The van der Waals surface area contributed by atoms with Gasteiger partial charge in [-0.2, -0.15) is 13.2 Å². The van der Waals surface area contributed by atoms with E-state index in [1.807, 2.05) is 0 Å². The summed E-state index contributed by atoms with van der Waals surface area (Å²) in [4.78, 5) is 11.3. The van der Waals surface area contributed by atoms with Gasteiger partial charge in [0.15, 0.2) is 0 Å². The van der Waals surface area contributed by atoms with Crippen molar-refractivity contribution in [2.75, 3.05) is 6.54 Å². The van der Waals surface area contributed by atoms with Gasteiger partial charge in [-0.05, 0) is 39.0 Å². The third kappa shape index (κ3) is 7.04. The van der Waals surface area contributed by atoms with Crippen molar-refractivity contribution in [1.82, 2.24) is 5.32 Å². The second-order valence-corrected chi connectivity index (χ2v) is 5.67. The van der Waals surface area contributed by atoms with E-state index in [2.05, 4.69) is 17.2 Å². The van der Waals surface area contributed by atoms with Crippen LogP contribution in [0, 0.1) is 17.7 Å². The second kappa shape index (κ2) is 7.36. The SMILES string of the molecule is CC(C)(C)OC(=O)NCCC#Cc1ccc(F)cc1C(F)(F)F. The molecule has 23 heavy (non-hydrogen) atoms. The first-order valence-electron chi connectivity index (χ1n) is 6.81. The maximum atomic E-state index is 12.9. The van der Waals surface area contributed by atoms with Crippen molar-refractivity contribution in [2.24, 2.45) is 0 Å². The van der Waals surface area contributed by atoms with E-state index >= 15 is 0 Å². The normalized spacial score (nSPS) is 11.4. The van der Waals surface area contributed by atoms with E-state index in [1.54, 1.807) is 20.8 Å². The van der Waals surface area contributed by atoms with Crippen LogP contribution in [0.4, 0.5) is 22.4 Å². The first kappa shape index (κ1) is 18.8. The summed E-state index contributed by atoms with van der Waals surface area (Å²) in [7, 11) is 0. The van der Waals surface area contributed by atoms with Gasteiger partial charge in [0, 0.05) is 18.5 Å². The van der Waals surface area contributed by atoms with Crippen molar-refractivity contribution in [3.05, 3.63) is 35.1 Å². The van der Waals surface area contributed by atoms with Crippen LogP contribution in [0.3, 0.4) is 0 Å². The van der Waals surface area contributed by atoms with Crippen molar-refractivity contribution in [3.63, 3.8) is 0 Å². The number of hydrogen-bond donors (Lipinski definition) is 1. The van der Waals surface area contributed by atoms with Crippen molar-refractivity contribution < 1.29 is 27.1 Å². The molecule has 0 aliphatic carbocycles. The molecule has 0 saturated heterocycles. The number of hydrogen-bond acceptors (Lipinski definition) is 2. The minimum Gasteiger partial charge on any atom is -0.444 e. The summed E-state index contributed by atoms with van der Waals surface area (Å²) in [5.74, 6) is 3.87. The molecule has 1 rings (SSSR count). The van der Waals surface area contributed by atoms with Crippen molar-refractivity contribution in [2.45, 2.75) is 39.0 Å². The minimum absolute atomic E-state index is 0.129. The molecule has 1 N–H and O–H groups in total. The lowest BCUT2D eigenvalue weighted by molar-refractivity contribution is -0.137. The fourth-order valence-corrected chi connectivity index (χ4v) is 1.56. The molecule has 0 aromatic heterocycles. The number of amides is 1. The molecule has 0 aliphatic rings. The van der Waals surface area contributed by atoms with Crippen LogP contribution < -0.4 is 5.32 Å². The van der Waals surface area contributed by atoms with Crippen molar-refractivity contribution >= 4 is 6.09 Å². The monoisotopic (exact) mass is 331 g/mol. The molecule has 0 unspecified atom stereocenters. The van der Waals surface area contributed by atoms with E-state index in [9.17, 15) is 22.4 Å². The smallest absolute Gasteiger partial charge is 0.417 e. The Morgan fingerprint density at radius 1 is 1.26 bits per heavy atom. The van der Waals surface area contributed by atoms with Crippen LogP contribution in [0.15, 0.2) is 18.2 Å². The molecule has 0 fully saturated rings. The highest BCUT2D eigenvalue weighted by Crippen LogP contribution is 2.32. The number of nitrogens with one attached hydrogen (secondary N) is 1. The highest BCUT2D eigenvalue weighted by atomic mass is 19.4. The number of ether oxygens (including phenoxy) is 1. The maximum Gasteiger partial charge on any atom is 0.417 e. The van der Waals surface area contributed by atoms with Gasteiger partial charge in [-0.1, -0.05) is 11.8 Å². The molecule has 0 aliphatic heterocycles. The number of halogens is 4. The first-order chi connectivity index (χ1) is 10.5. The summed E-state index contributed by atoms with van der Waals surface area (Å²) in [6.45, 7) is 5.25. The Balaban J connectivity index is 2.63. The van der Waals surface area contributed by atoms with Gasteiger partial charge in [-0.15, -0.1) is 0 Å². The van der Waals surface area contributed by atoms with Crippen LogP contribution in [-0.2, 0) is 10.9 Å². The average Bonchev–Trinajstić information content (AvgIpc) is 2.36. The Labute approximate surface area is 132 Å². The largest absolute Gasteiger partial charge is 0.444 e. The molecule has 1 amide bonds. The Kier molecular flexibility index (Phi) is 6.02. The number of carbonyl (C=O) groups excluding carboxylic acids is 1. The zero-order valence-electron chi connectivity index (χ0n) is 13.0. The lowest BCUT2D eigenvalue weighted by atomic mass is 10.1. The van der Waals surface area contributed by atoms with Crippen molar-refractivity contribution in [3.8, 4) is 11.8 Å². The highest BCUT2D eigenvalue weighted by molar-refractivity contribution is 5.67. The number of benzene rings is 1. The Hall–Kier alpha value is -2.23. The molecular formula is C16H17F4NO2. The molecule has 3 nitrogen and oxygen atoms in total. The van der Waals surface area contributed by atoms with Gasteiger partial charge in [0.1, 0.15) is 11.4 Å². The molecule has 0 spiro atoms. The summed E-state index contributed by atoms with van der Waals surface area (Å²) >= 11 is 0. The van der Waals surface area contributed by atoms with Gasteiger partial charge < -0.3 is 10.1 Å². The van der Waals surface area contributed by atoms with E-state index in [4.69, 9.17) is 4.74 Å². The van der Waals surface area contributed by atoms with Crippen LogP contribution in [-0.4, -0.2) is 18.2 Å². The molecule has 126 valence electrons. The molecule has 1 aromatic rings. The molecule has 1 aromatic carbocycles. The molecular weight excluding hydrogens is 314 g/mol. The third-order valence-corrected chi connectivity index (χ3v) is 2.43. The highest BCUT2D eigenvalue weighted by Gasteiger charge is 2.33. The van der Waals surface area contributed by atoms with E-state index in [0.29, 0.717) is 6.07 Å². The van der Waals surface area contributed by atoms with Crippen LogP contribution in [0.1, 0.15) is 38.3 Å². The third-order valence-electron chi connectivity index (χ3n) is 2.43. The van der Waals surface area contributed by atoms with Crippen LogP contribution in [0.2, 0.25) is 0 Å². The fourth-order valence-electron chi connectivity index (χ4n) is 1.56. The number of rotatable bonds is 2. The average molecular weight is 331 g/mol. The fraction of sp³-hybridized carbons (Fsp3) is 0.438. The maximum absolute atomic E-state index is 12.9. The molecule has 0 heterocycles. The molecule has 0 saturated carbocycles. The van der Waals surface area contributed by atoms with Crippen molar-refractivity contribution in [1.29, 1.82) is 0 Å². The predicted octanol–water partition coefficient (Wildman–Crippen LogP) is 4.11. The summed E-state index contributed by atoms with van der Waals surface area (Å²) in [5.41, 5.74) is -2.06. The zero-order valence-corrected chi connectivity index (χ0v) is 13.0. The number of alkyl carbamates (subject to hydrolysis) is 1. The Morgan fingerprint density at radius 2 is 1.91 bits per heavy atom. The number of alkyl halides is 3. The lowest BCUT2D eigenvalue weighted by Crippen LogP contribution is -2.32. The van der Waals surface area contributed by atoms with E-state index in [-0.39, 0.29) is 18.5 Å². The first-order valence-corrected chi connectivity index (χ1v) is 6.81. The van der Waals surface area contributed by atoms with Crippen LogP contribution in [0.25, 0.3) is 0 Å². The van der Waals surface area contributed by atoms with Gasteiger partial charge in [-0.3, -0.25) is 0 Å². The summed E-state index contributed by atoms with van der Waals surface area (Å²) < 4.78 is 56.2. The van der Waals surface area contributed by atoms with E-state index in [1.165, 1.54) is 0 Å². The lowest BCUT2D eigenvalue weighted by Gasteiger charge is -2.19. The topological polar surface area (TPSA) is 38.3 Å². The zero-order chi connectivity index (χ0) is 17.7. The van der Waals surface area contributed by atoms with Crippen LogP contribution >= 0.6 is 0 Å². The van der Waals surface area contributed by atoms with Gasteiger partial charge >= 0.3 is 12.3 Å². The standard InChI is InChI=1S/C16H17F4NO2/c1-15(2,3)23-14(22)21-9-5-4-6-11-7-8-12(17)10-13(11)16(18,19)20/h7-8,10H,5,9H2,1-3H3,(H,21,22). The van der Waals surface area contributed by atoms with Crippen LogP contribution in [0.5, 0.6) is 0 Å². The molecule has 0 atom stereocenters. The molecule has 7 heteroatoms. The van der Waals surface area contributed by atoms with Gasteiger partial charge in [0.25, 0.3) is 0 Å². The Morgan fingerprint density at radius 3 is 2.48 bits per heavy atom. The summed E-state index contributed by atoms with van der Waals surface area (Å²) in [6, 6.07) is 2.30. The number of carbonyl (C=O) groups is 1. The van der Waals surface area contributed by atoms with Gasteiger partial charge in [0.2, 0.25) is 0 Å². The summed E-state index contributed by atoms with van der Waals surface area (Å²) in [6.07, 6.45) is -5.17. The van der Waals surface area contributed by atoms with Gasteiger partial charge in [0.05, 0.1) is 5.56 Å². The second-order valence-electron chi connectivity index (χ2n) is 5.67. The van der Waals surface area contributed by atoms with E-state index < -0.39 is 29.3 Å². The quantitative estimate of drug-likeness (QED) is 0.503. The predicted molar refractivity (Wildman–Crippen MR) is 77.1 cm³/mol. The summed E-state index contributed by atoms with van der Waals surface area (Å²) in [5, 5.41) is 2.43. The minimum atomic E-state index is -4.68. The molecule has 0 bridgehead atoms. The van der Waals surface area contributed by atoms with Gasteiger partial charge in [-0.25, -0.2) is 9.18 Å². The Bertz CT molecular complexity index is 622.